The molecule has 2 rings (SSSR count). The van der Waals surface area contributed by atoms with Gasteiger partial charge >= 0.3 is 0 Å². The zero-order valence-electron chi connectivity index (χ0n) is 8.02. The Kier molecular flexibility index (Phi) is 1.46. The summed E-state index contributed by atoms with van der Waals surface area (Å²) in [6, 6.07) is 3.79. The number of fused-ring (bicyclic) bond motifs is 1. The average Bonchev–Trinajstić information content (AvgIpc) is 2.23. The molecule has 0 fully saturated rings. The second-order valence-electron chi connectivity index (χ2n) is 4.33. The molecule has 0 aromatic heterocycles. The molecule has 1 heterocycles. The van der Waals surface area contributed by atoms with Crippen LogP contribution in [0.3, 0.4) is 0 Å². The van der Waals surface area contributed by atoms with Gasteiger partial charge in [0.2, 0.25) is 0 Å². The van der Waals surface area contributed by atoms with Crippen LogP contribution in [0.4, 0.5) is 17.1 Å². The van der Waals surface area contributed by atoms with E-state index >= 15 is 0 Å². The lowest BCUT2D eigenvalue weighted by Crippen LogP contribution is -2.27. The smallest absolute Gasteiger partial charge is 0.0613 e. The summed E-state index contributed by atoms with van der Waals surface area (Å²) in [5.74, 6) is 0. The van der Waals surface area contributed by atoms with Crippen LogP contribution in [-0.4, -0.2) is 5.54 Å². The van der Waals surface area contributed by atoms with Crippen molar-refractivity contribution < 1.29 is 0 Å². The number of anilines is 3. The molecule has 0 aliphatic carbocycles. The van der Waals surface area contributed by atoms with Crippen molar-refractivity contribution >= 4 is 17.1 Å². The van der Waals surface area contributed by atoms with E-state index in [1.807, 2.05) is 6.07 Å². The lowest BCUT2D eigenvalue weighted by Gasteiger charge is -2.18. The minimum Gasteiger partial charge on any atom is -0.399 e. The maximum atomic E-state index is 5.85. The molecule has 1 aliphatic heterocycles. The van der Waals surface area contributed by atoms with E-state index < -0.39 is 0 Å². The van der Waals surface area contributed by atoms with Crippen LogP contribution in [0, 0.1) is 0 Å². The van der Waals surface area contributed by atoms with Crippen LogP contribution in [0.25, 0.3) is 0 Å². The highest BCUT2D eigenvalue weighted by molar-refractivity contribution is 5.78. The molecule has 0 atom stereocenters. The standard InChI is InChI=1S/C10H15N3/c1-10(2)5-6-3-7(11)4-8(12)9(6)13-10/h3-4,13H,5,11-12H2,1-2H3. The summed E-state index contributed by atoms with van der Waals surface area (Å²) in [4.78, 5) is 0. The van der Waals surface area contributed by atoms with Crippen molar-refractivity contribution in [2.45, 2.75) is 25.8 Å². The van der Waals surface area contributed by atoms with Gasteiger partial charge in [-0.15, -0.1) is 0 Å². The molecule has 0 saturated carbocycles. The van der Waals surface area contributed by atoms with Crippen molar-refractivity contribution in [1.29, 1.82) is 0 Å². The first-order chi connectivity index (χ1) is 5.98. The topological polar surface area (TPSA) is 64.1 Å². The van der Waals surface area contributed by atoms with Crippen molar-refractivity contribution in [3.63, 3.8) is 0 Å². The minimum atomic E-state index is 0.101. The summed E-state index contributed by atoms with van der Waals surface area (Å²) in [6.45, 7) is 4.31. The van der Waals surface area contributed by atoms with Crippen molar-refractivity contribution in [1.82, 2.24) is 0 Å². The van der Waals surface area contributed by atoms with Gasteiger partial charge in [-0.05, 0) is 38.0 Å². The number of hydrogen-bond donors (Lipinski definition) is 3. The van der Waals surface area contributed by atoms with Crippen molar-refractivity contribution in [3.8, 4) is 0 Å². The van der Waals surface area contributed by atoms with Gasteiger partial charge in [-0.3, -0.25) is 0 Å². The quantitative estimate of drug-likeness (QED) is 0.527. The summed E-state index contributed by atoms with van der Waals surface area (Å²) in [5.41, 5.74) is 15.4. The molecule has 0 bridgehead atoms. The van der Waals surface area contributed by atoms with Crippen LogP contribution >= 0.6 is 0 Å². The molecule has 3 heteroatoms. The summed E-state index contributed by atoms with van der Waals surface area (Å²) >= 11 is 0. The lowest BCUT2D eigenvalue weighted by atomic mass is 10.00. The molecular formula is C10H15N3. The zero-order valence-corrected chi connectivity index (χ0v) is 8.02. The van der Waals surface area contributed by atoms with E-state index in [1.165, 1.54) is 5.56 Å². The Hall–Kier alpha value is -1.38. The lowest BCUT2D eigenvalue weighted by molar-refractivity contribution is 0.594. The van der Waals surface area contributed by atoms with E-state index in [9.17, 15) is 0 Å². The molecule has 0 amide bonds. The van der Waals surface area contributed by atoms with E-state index in [2.05, 4.69) is 19.2 Å². The van der Waals surface area contributed by atoms with Gasteiger partial charge in [0.1, 0.15) is 0 Å². The Balaban J connectivity index is 2.52. The normalized spacial score (nSPS) is 18.0. The van der Waals surface area contributed by atoms with E-state index in [0.29, 0.717) is 0 Å². The second-order valence-corrected chi connectivity index (χ2v) is 4.33. The van der Waals surface area contributed by atoms with E-state index in [1.54, 1.807) is 6.07 Å². The fourth-order valence-corrected chi connectivity index (χ4v) is 1.90. The first kappa shape index (κ1) is 8.23. The summed E-state index contributed by atoms with van der Waals surface area (Å²) < 4.78 is 0. The highest BCUT2D eigenvalue weighted by Gasteiger charge is 2.28. The fourth-order valence-electron chi connectivity index (χ4n) is 1.90. The Labute approximate surface area is 78.1 Å². The van der Waals surface area contributed by atoms with Gasteiger partial charge in [0, 0.05) is 11.2 Å². The van der Waals surface area contributed by atoms with E-state index in [4.69, 9.17) is 11.5 Å². The number of hydrogen-bond acceptors (Lipinski definition) is 3. The minimum absolute atomic E-state index is 0.101. The molecule has 13 heavy (non-hydrogen) atoms. The molecule has 70 valence electrons. The number of rotatable bonds is 0. The number of nitrogen functional groups attached to an aromatic ring is 2. The van der Waals surface area contributed by atoms with Gasteiger partial charge in [0.25, 0.3) is 0 Å². The van der Waals surface area contributed by atoms with Crippen molar-refractivity contribution in [2.24, 2.45) is 0 Å². The fraction of sp³-hybridized carbons (Fsp3) is 0.400. The molecule has 1 aliphatic rings. The van der Waals surface area contributed by atoms with Crippen LogP contribution in [0.2, 0.25) is 0 Å². The Bertz CT molecular complexity index is 355. The van der Waals surface area contributed by atoms with Gasteiger partial charge in [-0.1, -0.05) is 0 Å². The Morgan fingerprint density at radius 2 is 2.00 bits per heavy atom. The van der Waals surface area contributed by atoms with Crippen LogP contribution in [-0.2, 0) is 6.42 Å². The van der Waals surface area contributed by atoms with Crippen molar-refractivity contribution in [2.75, 3.05) is 16.8 Å². The van der Waals surface area contributed by atoms with Gasteiger partial charge in [-0.25, -0.2) is 0 Å². The summed E-state index contributed by atoms with van der Waals surface area (Å²) in [6.07, 6.45) is 0.984. The maximum Gasteiger partial charge on any atom is 0.0613 e. The number of benzene rings is 1. The second kappa shape index (κ2) is 2.31. The largest absolute Gasteiger partial charge is 0.399 e. The third-order valence-corrected chi connectivity index (χ3v) is 2.37. The monoisotopic (exact) mass is 177 g/mol. The van der Waals surface area contributed by atoms with Gasteiger partial charge < -0.3 is 16.8 Å². The van der Waals surface area contributed by atoms with Crippen LogP contribution in [0.15, 0.2) is 12.1 Å². The summed E-state index contributed by atoms with van der Waals surface area (Å²) in [5, 5.41) is 3.39. The van der Waals surface area contributed by atoms with E-state index in [-0.39, 0.29) is 5.54 Å². The third-order valence-electron chi connectivity index (χ3n) is 2.37. The third kappa shape index (κ3) is 1.30. The zero-order chi connectivity index (χ0) is 9.64. The van der Waals surface area contributed by atoms with Gasteiger partial charge in [-0.2, -0.15) is 0 Å². The molecule has 0 radical (unpaired) electrons. The van der Waals surface area contributed by atoms with Crippen LogP contribution < -0.4 is 16.8 Å². The first-order valence-corrected chi connectivity index (χ1v) is 4.44. The molecule has 1 aromatic carbocycles. The van der Waals surface area contributed by atoms with Crippen molar-refractivity contribution in [3.05, 3.63) is 17.7 Å². The average molecular weight is 177 g/mol. The molecule has 0 saturated heterocycles. The molecule has 0 spiro atoms. The molecule has 5 N–H and O–H groups in total. The van der Waals surface area contributed by atoms with Crippen LogP contribution in [0.5, 0.6) is 0 Å². The maximum absolute atomic E-state index is 5.85. The Morgan fingerprint density at radius 3 is 2.69 bits per heavy atom. The van der Waals surface area contributed by atoms with Crippen LogP contribution in [0.1, 0.15) is 19.4 Å². The predicted octanol–water partition coefficient (Wildman–Crippen LogP) is 1.60. The SMILES string of the molecule is CC1(C)Cc2cc(N)cc(N)c2N1. The molecular weight excluding hydrogens is 162 g/mol. The molecule has 3 nitrogen and oxygen atoms in total. The first-order valence-electron chi connectivity index (χ1n) is 4.44. The summed E-state index contributed by atoms with van der Waals surface area (Å²) in [7, 11) is 0. The highest BCUT2D eigenvalue weighted by Crippen LogP contribution is 2.37. The predicted molar refractivity (Wildman–Crippen MR) is 56.7 cm³/mol. The molecule has 1 aromatic rings. The Morgan fingerprint density at radius 1 is 1.31 bits per heavy atom. The highest BCUT2D eigenvalue weighted by atomic mass is 15.0. The van der Waals surface area contributed by atoms with E-state index in [0.717, 1.165) is 23.5 Å². The number of nitrogens with two attached hydrogens (primary N) is 2. The molecule has 0 unspecified atom stereocenters. The van der Waals surface area contributed by atoms with Gasteiger partial charge in [0.15, 0.2) is 0 Å². The number of nitrogens with one attached hydrogen (secondary N) is 1. The van der Waals surface area contributed by atoms with Gasteiger partial charge in [0.05, 0.1) is 11.4 Å².